The summed E-state index contributed by atoms with van der Waals surface area (Å²) < 4.78 is 13.5. The maximum Gasteiger partial charge on any atom is 0.185 e. The van der Waals surface area contributed by atoms with E-state index in [9.17, 15) is 28.8 Å². The monoisotopic (exact) mass is 800 g/mol. The van der Waals surface area contributed by atoms with Gasteiger partial charge in [-0.2, -0.15) is 0 Å². The third-order valence-electron chi connectivity index (χ3n) is 7.60. The van der Waals surface area contributed by atoms with Crippen molar-refractivity contribution < 1.29 is 38.2 Å². The van der Waals surface area contributed by atoms with Crippen LogP contribution >= 0.6 is 70.6 Å². The summed E-state index contributed by atoms with van der Waals surface area (Å²) in [5, 5.41) is 0.597. The van der Waals surface area contributed by atoms with E-state index in [1.54, 1.807) is 41.5 Å². The van der Waals surface area contributed by atoms with Crippen LogP contribution in [0.15, 0.2) is 0 Å². The summed E-state index contributed by atoms with van der Waals surface area (Å²) in [5.41, 5.74) is -0.832. The number of carbonyl (C=O) groups excluding carboxylic acids is 6. The van der Waals surface area contributed by atoms with Gasteiger partial charge in [-0.3, -0.25) is 28.8 Å². The number of hydrogen-bond donors (Lipinski definition) is 0. The molecule has 284 valence electrons. The highest BCUT2D eigenvalue weighted by Gasteiger charge is 2.32. The molecule has 0 N–H and O–H groups in total. The van der Waals surface area contributed by atoms with Crippen LogP contribution in [-0.4, -0.2) is 89.6 Å². The van der Waals surface area contributed by atoms with Crippen molar-refractivity contribution in [3.8, 4) is 0 Å². The van der Waals surface area contributed by atoms with Crippen LogP contribution in [0.5, 0.6) is 0 Å². The van der Waals surface area contributed by atoms with Crippen LogP contribution in [0.3, 0.4) is 0 Å². The van der Waals surface area contributed by atoms with E-state index < -0.39 is 11.2 Å². The average Bonchev–Trinajstić information content (AvgIpc) is 3.01. The van der Waals surface area contributed by atoms with Gasteiger partial charge in [-0.05, 0) is 83.5 Å². The molecular weight excluding hydrogens is 741 g/mol. The van der Waals surface area contributed by atoms with Crippen LogP contribution < -0.4 is 0 Å². The molecule has 0 fully saturated rings. The van der Waals surface area contributed by atoms with Crippen LogP contribution in [0, 0.1) is 0 Å². The van der Waals surface area contributed by atoms with Crippen molar-refractivity contribution in [2.45, 2.75) is 136 Å². The van der Waals surface area contributed by atoms with Crippen molar-refractivity contribution in [3.63, 3.8) is 0 Å². The number of carbonyl (C=O) groups is 6. The molecule has 0 saturated heterocycles. The Morgan fingerprint density at radius 1 is 0.347 bits per heavy atom. The molecule has 0 aromatic heterocycles. The van der Waals surface area contributed by atoms with Gasteiger partial charge < -0.3 is 9.47 Å². The van der Waals surface area contributed by atoms with Gasteiger partial charge in [0.1, 0.15) is 0 Å². The zero-order chi connectivity index (χ0) is 37.0. The van der Waals surface area contributed by atoms with Gasteiger partial charge in [0.05, 0.1) is 11.2 Å². The molecule has 0 radical (unpaired) electrons. The zero-order valence-corrected chi connectivity index (χ0v) is 35.5. The molecule has 0 aliphatic heterocycles. The minimum absolute atomic E-state index is 0.0996. The predicted molar refractivity (Wildman–Crippen MR) is 216 cm³/mol. The SMILES string of the molecule is CC(=O)SCCCC(CCCSC(C)=O)(CCCSC(C)=O)OCCCOC(CCCSC(C)=O)(CCCSC(C)=O)CCCSC(C)=O. The topological polar surface area (TPSA) is 121 Å². The molecule has 8 nitrogen and oxygen atoms in total. The van der Waals surface area contributed by atoms with Gasteiger partial charge in [0.15, 0.2) is 30.7 Å². The third kappa shape index (κ3) is 30.2. The Hall–Kier alpha value is 0.0400. The lowest BCUT2D eigenvalue weighted by atomic mass is 9.87. The van der Waals surface area contributed by atoms with E-state index in [0.717, 1.165) is 112 Å². The van der Waals surface area contributed by atoms with Gasteiger partial charge in [-0.1, -0.05) is 70.6 Å². The maximum absolute atomic E-state index is 11.6. The van der Waals surface area contributed by atoms with Gasteiger partial charge in [0, 0.05) is 89.3 Å². The molecule has 0 heterocycles. The van der Waals surface area contributed by atoms with Gasteiger partial charge in [-0.25, -0.2) is 0 Å². The van der Waals surface area contributed by atoms with Crippen molar-refractivity contribution in [2.24, 2.45) is 0 Å². The van der Waals surface area contributed by atoms with E-state index in [-0.39, 0.29) is 30.7 Å². The van der Waals surface area contributed by atoms with Crippen LogP contribution in [0.2, 0.25) is 0 Å². The highest BCUT2D eigenvalue weighted by Crippen LogP contribution is 2.34. The standard InChI is InChI=1S/C35H60O8S6/c1-28(36)44-22-7-14-34(15-8-23-45-29(2)37,16-9-24-46-30(3)38)42-20-13-21-43-35(17-10-25-47-31(4)39,18-11-26-48-32(5)40)19-12-27-49-33(6)41/h7-27H2,1-6H3. The fraction of sp³-hybridized carbons (Fsp3) is 0.829. The largest absolute Gasteiger partial charge is 0.375 e. The molecule has 0 bridgehead atoms. The molecule has 0 aliphatic carbocycles. The van der Waals surface area contributed by atoms with Crippen molar-refractivity contribution >= 4 is 101 Å². The fourth-order valence-electron chi connectivity index (χ4n) is 5.48. The minimum Gasteiger partial charge on any atom is -0.375 e. The number of ether oxygens (including phenoxy) is 2. The summed E-state index contributed by atoms with van der Waals surface area (Å²) in [6, 6.07) is 0. The molecule has 0 amide bonds. The van der Waals surface area contributed by atoms with Gasteiger partial charge in [-0.15, -0.1) is 0 Å². The maximum atomic E-state index is 11.6. The summed E-state index contributed by atoms with van der Waals surface area (Å²) in [7, 11) is 0. The Balaban J connectivity index is 5.75. The number of hydrogen-bond acceptors (Lipinski definition) is 14. The molecule has 49 heavy (non-hydrogen) atoms. The molecular formula is C35H60O8S6. The molecule has 0 saturated carbocycles. The first kappa shape index (κ1) is 49.0. The molecule has 14 heteroatoms. The zero-order valence-electron chi connectivity index (χ0n) is 30.6. The van der Waals surface area contributed by atoms with Crippen LogP contribution in [-0.2, 0) is 38.2 Å². The van der Waals surface area contributed by atoms with E-state index in [4.69, 9.17) is 9.47 Å². The summed E-state index contributed by atoms with van der Waals surface area (Å²) >= 11 is 7.96. The molecule has 0 rings (SSSR count). The Morgan fingerprint density at radius 3 is 0.694 bits per heavy atom. The van der Waals surface area contributed by atoms with E-state index in [1.165, 1.54) is 70.6 Å². The van der Waals surface area contributed by atoms with Crippen LogP contribution in [0.4, 0.5) is 0 Å². The predicted octanol–water partition coefficient (Wildman–Crippen LogP) is 9.25. The second kappa shape index (κ2) is 30.5. The molecule has 0 aliphatic rings. The van der Waals surface area contributed by atoms with E-state index >= 15 is 0 Å². The summed E-state index contributed by atoms with van der Waals surface area (Å²) in [5.74, 6) is 4.35. The van der Waals surface area contributed by atoms with Gasteiger partial charge in [0.25, 0.3) is 0 Å². The summed E-state index contributed by atoms with van der Waals surface area (Å²) in [6.07, 6.45) is 10.4. The van der Waals surface area contributed by atoms with E-state index in [0.29, 0.717) is 19.6 Å². The molecule has 0 aromatic carbocycles. The third-order valence-corrected chi connectivity index (χ3v) is 13.0. The average molecular weight is 801 g/mol. The normalized spacial score (nSPS) is 11.9. The van der Waals surface area contributed by atoms with Crippen LogP contribution in [0.1, 0.15) is 125 Å². The van der Waals surface area contributed by atoms with Crippen molar-refractivity contribution in [2.75, 3.05) is 47.7 Å². The molecule has 0 atom stereocenters. The van der Waals surface area contributed by atoms with Gasteiger partial charge >= 0.3 is 0 Å². The first-order chi connectivity index (χ1) is 23.2. The lowest BCUT2D eigenvalue weighted by molar-refractivity contribution is -0.109. The number of thioether (sulfide) groups is 6. The second-order valence-electron chi connectivity index (χ2n) is 12.1. The Morgan fingerprint density at radius 2 is 0.531 bits per heavy atom. The first-order valence-electron chi connectivity index (χ1n) is 17.3. The lowest BCUT2D eigenvalue weighted by Gasteiger charge is -2.36. The Kier molecular flexibility index (Phi) is 30.5. The van der Waals surface area contributed by atoms with Gasteiger partial charge in [0.2, 0.25) is 0 Å². The Bertz CT molecular complexity index is 807. The molecule has 0 aromatic rings. The summed E-state index contributed by atoms with van der Waals surface area (Å²) in [4.78, 5) is 69.5. The van der Waals surface area contributed by atoms with E-state index in [2.05, 4.69) is 0 Å². The van der Waals surface area contributed by atoms with Crippen molar-refractivity contribution in [1.82, 2.24) is 0 Å². The van der Waals surface area contributed by atoms with Crippen molar-refractivity contribution in [1.29, 1.82) is 0 Å². The minimum atomic E-state index is -0.416. The second-order valence-corrected chi connectivity index (χ2v) is 19.7. The smallest absolute Gasteiger partial charge is 0.185 e. The molecule has 0 unspecified atom stereocenters. The Labute approximate surface area is 321 Å². The first-order valence-corrected chi connectivity index (χ1v) is 23.2. The van der Waals surface area contributed by atoms with E-state index in [1.807, 2.05) is 0 Å². The highest BCUT2D eigenvalue weighted by atomic mass is 32.2. The highest BCUT2D eigenvalue weighted by molar-refractivity contribution is 8.14. The van der Waals surface area contributed by atoms with Crippen LogP contribution in [0.25, 0.3) is 0 Å². The molecule has 0 spiro atoms. The summed E-state index contributed by atoms with van der Waals surface area (Å²) in [6.45, 7) is 10.5. The number of rotatable bonds is 30. The van der Waals surface area contributed by atoms with Crippen molar-refractivity contribution in [3.05, 3.63) is 0 Å². The fourth-order valence-corrected chi connectivity index (χ4v) is 8.94. The quantitative estimate of drug-likeness (QED) is 0.0642. The lowest BCUT2D eigenvalue weighted by Crippen LogP contribution is -2.36.